The fourth-order valence-electron chi connectivity index (χ4n) is 3.70. The number of piperazine rings is 1. The molecule has 0 aromatic heterocycles. The Kier molecular flexibility index (Phi) is 5.14. The van der Waals surface area contributed by atoms with Crippen LogP contribution >= 0.6 is 0 Å². The normalized spacial score (nSPS) is 19.5. The summed E-state index contributed by atoms with van der Waals surface area (Å²) < 4.78 is 33.0. The van der Waals surface area contributed by atoms with E-state index in [1.165, 1.54) is 23.4 Å². The van der Waals surface area contributed by atoms with E-state index in [4.69, 9.17) is 4.74 Å². The van der Waals surface area contributed by atoms with Crippen molar-refractivity contribution in [3.8, 4) is 5.75 Å². The molecule has 1 fully saturated rings. The molecule has 2 aliphatic heterocycles. The first-order valence-electron chi connectivity index (χ1n) is 9.51. The predicted molar refractivity (Wildman–Crippen MR) is 106 cm³/mol. The maximum absolute atomic E-state index is 12.9. The minimum Gasteiger partial charge on any atom is -0.480 e. The topological polar surface area (TPSA) is 84.0 Å². The Hall–Kier alpha value is -2.71. The van der Waals surface area contributed by atoms with Crippen LogP contribution in [-0.4, -0.2) is 61.6 Å². The number of rotatable bonds is 4. The fourth-order valence-corrected chi connectivity index (χ4v) is 5.17. The monoisotopic (exact) mass is 414 g/mol. The number of ketones is 1. The number of nitrogens with zero attached hydrogens (tertiary/aromatic N) is 2. The lowest BCUT2D eigenvalue weighted by Crippen LogP contribution is -2.53. The average Bonchev–Trinajstić information content (AvgIpc) is 3.17. The standard InChI is InChI=1S/C21H22N2O5S/c1-15(24)16-6-4-7-18(13-16)29(26,27)23-11-9-22(10-12-23)21(25)20-14-17-5-2-3-8-19(17)28-20/h2-8,13,20H,9-12,14H2,1H3. The molecule has 8 heteroatoms. The number of amides is 1. The van der Waals surface area contributed by atoms with Crippen LogP contribution in [0.3, 0.4) is 0 Å². The van der Waals surface area contributed by atoms with Gasteiger partial charge in [-0.2, -0.15) is 4.31 Å². The summed E-state index contributed by atoms with van der Waals surface area (Å²) in [6, 6.07) is 13.6. The number of para-hydroxylation sites is 1. The summed E-state index contributed by atoms with van der Waals surface area (Å²) in [5.41, 5.74) is 1.37. The van der Waals surface area contributed by atoms with Crippen LogP contribution in [0.1, 0.15) is 22.8 Å². The number of fused-ring (bicyclic) bond motifs is 1. The molecule has 1 saturated heterocycles. The lowest BCUT2D eigenvalue weighted by molar-refractivity contribution is -0.139. The minimum atomic E-state index is -3.72. The van der Waals surface area contributed by atoms with Gasteiger partial charge < -0.3 is 9.64 Å². The maximum atomic E-state index is 12.9. The first kappa shape index (κ1) is 19.6. The molecule has 1 amide bonds. The predicted octanol–water partition coefficient (Wildman–Crippen LogP) is 1.73. The molecule has 0 saturated carbocycles. The van der Waals surface area contributed by atoms with Gasteiger partial charge in [0.05, 0.1) is 4.90 Å². The molecule has 2 aliphatic rings. The van der Waals surface area contributed by atoms with Gasteiger partial charge in [0.1, 0.15) is 5.75 Å². The average molecular weight is 414 g/mol. The number of benzene rings is 2. The quantitative estimate of drug-likeness (QED) is 0.712. The van der Waals surface area contributed by atoms with Crippen molar-refractivity contribution in [2.75, 3.05) is 26.2 Å². The second-order valence-corrected chi connectivity index (χ2v) is 9.17. The second-order valence-electron chi connectivity index (χ2n) is 7.23. The van der Waals surface area contributed by atoms with E-state index in [0.717, 1.165) is 11.3 Å². The summed E-state index contributed by atoms with van der Waals surface area (Å²) in [6.45, 7) is 2.43. The Morgan fingerprint density at radius 1 is 1.00 bits per heavy atom. The highest BCUT2D eigenvalue weighted by atomic mass is 32.2. The lowest BCUT2D eigenvalue weighted by atomic mass is 10.1. The summed E-state index contributed by atoms with van der Waals surface area (Å²) in [6.07, 6.45) is -0.0199. The van der Waals surface area contributed by atoms with Gasteiger partial charge in [0.15, 0.2) is 11.9 Å². The van der Waals surface area contributed by atoms with Gasteiger partial charge >= 0.3 is 0 Å². The molecule has 2 aromatic carbocycles. The highest BCUT2D eigenvalue weighted by Crippen LogP contribution is 2.29. The highest BCUT2D eigenvalue weighted by molar-refractivity contribution is 7.89. The number of hydrogen-bond donors (Lipinski definition) is 0. The van der Waals surface area contributed by atoms with E-state index in [9.17, 15) is 18.0 Å². The fraction of sp³-hybridized carbons (Fsp3) is 0.333. The number of sulfonamides is 1. The summed E-state index contributed by atoms with van der Waals surface area (Å²) in [4.78, 5) is 26.1. The number of ether oxygens (including phenoxy) is 1. The summed E-state index contributed by atoms with van der Waals surface area (Å²) in [5, 5.41) is 0. The molecule has 0 aliphatic carbocycles. The Bertz CT molecular complexity index is 1030. The van der Waals surface area contributed by atoms with Crippen molar-refractivity contribution in [2.45, 2.75) is 24.3 Å². The van der Waals surface area contributed by atoms with Crippen molar-refractivity contribution in [1.82, 2.24) is 9.21 Å². The van der Waals surface area contributed by atoms with Crippen LogP contribution < -0.4 is 4.74 Å². The van der Waals surface area contributed by atoms with Gasteiger partial charge in [-0.1, -0.05) is 30.3 Å². The molecular formula is C21H22N2O5S. The van der Waals surface area contributed by atoms with E-state index in [1.807, 2.05) is 24.3 Å². The molecule has 29 heavy (non-hydrogen) atoms. The maximum Gasteiger partial charge on any atom is 0.264 e. The molecule has 1 atom stereocenters. The van der Waals surface area contributed by atoms with Crippen LogP contribution in [0.4, 0.5) is 0 Å². The highest BCUT2D eigenvalue weighted by Gasteiger charge is 2.36. The molecular weight excluding hydrogens is 392 g/mol. The van der Waals surface area contributed by atoms with Gasteiger partial charge in [-0.15, -0.1) is 0 Å². The van der Waals surface area contributed by atoms with E-state index < -0.39 is 16.1 Å². The zero-order valence-electron chi connectivity index (χ0n) is 16.1. The molecule has 7 nitrogen and oxygen atoms in total. The van der Waals surface area contributed by atoms with E-state index in [0.29, 0.717) is 25.1 Å². The zero-order chi connectivity index (χ0) is 20.6. The van der Waals surface area contributed by atoms with Crippen LogP contribution in [0.25, 0.3) is 0 Å². The van der Waals surface area contributed by atoms with Gasteiger partial charge in [-0.25, -0.2) is 8.42 Å². The van der Waals surface area contributed by atoms with Gasteiger partial charge in [0, 0.05) is 38.2 Å². The largest absolute Gasteiger partial charge is 0.480 e. The van der Waals surface area contributed by atoms with Crippen LogP contribution in [-0.2, 0) is 21.2 Å². The van der Waals surface area contributed by atoms with Crippen LogP contribution in [0.15, 0.2) is 53.4 Å². The van der Waals surface area contributed by atoms with Crippen molar-refractivity contribution in [3.05, 3.63) is 59.7 Å². The Morgan fingerprint density at radius 3 is 2.41 bits per heavy atom. The van der Waals surface area contributed by atoms with Gasteiger partial charge in [-0.3, -0.25) is 9.59 Å². The van der Waals surface area contributed by atoms with Crippen LogP contribution in [0, 0.1) is 0 Å². The SMILES string of the molecule is CC(=O)c1cccc(S(=O)(=O)N2CCN(C(=O)C3Cc4ccccc4O3)CC2)c1. The minimum absolute atomic E-state index is 0.0968. The third kappa shape index (κ3) is 3.77. The van der Waals surface area contributed by atoms with Gasteiger partial charge in [0.25, 0.3) is 5.91 Å². The lowest BCUT2D eigenvalue weighted by Gasteiger charge is -2.35. The van der Waals surface area contributed by atoms with Crippen LogP contribution in [0.2, 0.25) is 0 Å². The second kappa shape index (κ2) is 7.61. The Labute approximate surface area is 169 Å². The third-order valence-electron chi connectivity index (χ3n) is 5.35. The van der Waals surface area contributed by atoms with Crippen LogP contribution in [0.5, 0.6) is 5.75 Å². The van der Waals surface area contributed by atoms with Crippen molar-refractivity contribution in [3.63, 3.8) is 0 Å². The number of carbonyl (C=O) groups excluding carboxylic acids is 2. The summed E-state index contributed by atoms with van der Waals surface area (Å²) in [5.74, 6) is 0.435. The summed E-state index contributed by atoms with van der Waals surface area (Å²) >= 11 is 0. The molecule has 2 heterocycles. The Balaban J connectivity index is 1.41. The summed E-state index contributed by atoms with van der Waals surface area (Å²) in [7, 11) is -3.72. The van der Waals surface area contributed by atoms with E-state index >= 15 is 0 Å². The van der Waals surface area contributed by atoms with Gasteiger partial charge in [-0.05, 0) is 30.7 Å². The Morgan fingerprint density at radius 2 is 1.72 bits per heavy atom. The molecule has 0 spiro atoms. The zero-order valence-corrected chi connectivity index (χ0v) is 16.9. The first-order chi connectivity index (χ1) is 13.9. The number of carbonyl (C=O) groups is 2. The van der Waals surface area contributed by atoms with E-state index in [2.05, 4.69) is 0 Å². The number of Topliss-reactive ketones (excluding diaryl/α,β-unsaturated/α-hetero) is 1. The smallest absolute Gasteiger partial charge is 0.264 e. The number of hydrogen-bond acceptors (Lipinski definition) is 5. The molecule has 2 aromatic rings. The molecule has 0 N–H and O–H groups in total. The molecule has 0 radical (unpaired) electrons. The van der Waals surface area contributed by atoms with Crippen molar-refractivity contribution in [2.24, 2.45) is 0 Å². The molecule has 4 rings (SSSR count). The third-order valence-corrected chi connectivity index (χ3v) is 7.25. The van der Waals surface area contributed by atoms with Crippen molar-refractivity contribution >= 4 is 21.7 Å². The van der Waals surface area contributed by atoms with Gasteiger partial charge in [0.2, 0.25) is 10.0 Å². The van der Waals surface area contributed by atoms with E-state index in [1.54, 1.807) is 17.0 Å². The molecule has 0 bridgehead atoms. The van der Waals surface area contributed by atoms with Crippen molar-refractivity contribution < 1.29 is 22.7 Å². The first-order valence-corrected chi connectivity index (χ1v) is 10.9. The van der Waals surface area contributed by atoms with Crippen molar-refractivity contribution in [1.29, 1.82) is 0 Å². The van der Waals surface area contributed by atoms with E-state index in [-0.39, 0.29) is 29.7 Å². The molecule has 152 valence electrons. The molecule has 1 unspecified atom stereocenters.